The number of hydrogen-bond acceptors (Lipinski definition) is 2. The molecule has 0 saturated carbocycles. The summed E-state index contributed by atoms with van der Waals surface area (Å²) < 4.78 is 13.7. The van der Waals surface area contributed by atoms with E-state index in [1.807, 2.05) is 12.1 Å². The number of piperidine rings is 1. The molecule has 0 aromatic heterocycles. The fourth-order valence-corrected chi connectivity index (χ4v) is 3.53. The van der Waals surface area contributed by atoms with E-state index in [0.717, 1.165) is 25.2 Å². The first-order valence-corrected chi connectivity index (χ1v) is 7.78. The van der Waals surface area contributed by atoms with Crippen molar-refractivity contribution in [2.75, 3.05) is 26.7 Å². The van der Waals surface area contributed by atoms with Gasteiger partial charge in [-0.3, -0.25) is 0 Å². The Morgan fingerprint density at radius 3 is 2.80 bits per heavy atom. The number of benzene rings is 1. The van der Waals surface area contributed by atoms with Gasteiger partial charge in [0, 0.05) is 25.2 Å². The summed E-state index contributed by atoms with van der Waals surface area (Å²) in [5.74, 6) is -0.0920. The number of nitrogens with zero attached hydrogens (tertiary/aromatic N) is 1. The first-order valence-electron chi connectivity index (χ1n) is 7.78. The molecule has 1 aliphatic heterocycles. The van der Waals surface area contributed by atoms with E-state index in [1.165, 1.54) is 25.7 Å². The van der Waals surface area contributed by atoms with Crippen molar-refractivity contribution in [1.82, 2.24) is 10.2 Å². The van der Waals surface area contributed by atoms with E-state index in [2.05, 4.69) is 24.2 Å². The quantitative estimate of drug-likeness (QED) is 0.857. The van der Waals surface area contributed by atoms with Gasteiger partial charge < -0.3 is 10.2 Å². The fourth-order valence-electron chi connectivity index (χ4n) is 3.53. The van der Waals surface area contributed by atoms with Crippen LogP contribution in [0, 0.1) is 11.2 Å². The van der Waals surface area contributed by atoms with Gasteiger partial charge in [-0.25, -0.2) is 4.39 Å². The molecule has 1 heterocycles. The Kier molecular flexibility index (Phi) is 5.55. The minimum atomic E-state index is -0.0920. The standard InChI is InChI=1S/C17H27FN2/c1-3-9-17(10-6-11-19-13-17)14-20(2)12-15-7-4-5-8-16(15)18/h4-5,7-8,19H,3,6,9-14H2,1-2H3. The minimum absolute atomic E-state index is 0.0920. The van der Waals surface area contributed by atoms with Crippen molar-refractivity contribution in [2.45, 2.75) is 39.2 Å². The van der Waals surface area contributed by atoms with E-state index in [9.17, 15) is 4.39 Å². The summed E-state index contributed by atoms with van der Waals surface area (Å²) >= 11 is 0. The van der Waals surface area contributed by atoms with Crippen LogP contribution in [0.1, 0.15) is 38.2 Å². The van der Waals surface area contributed by atoms with Crippen molar-refractivity contribution in [3.8, 4) is 0 Å². The SMILES string of the molecule is CCCC1(CN(C)Cc2ccccc2F)CCCNC1. The van der Waals surface area contributed by atoms with E-state index in [0.29, 0.717) is 12.0 Å². The molecule has 1 aromatic rings. The normalized spacial score (nSPS) is 23.2. The van der Waals surface area contributed by atoms with Gasteiger partial charge in [0.2, 0.25) is 0 Å². The Morgan fingerprint density at radius 1 is 1.35 bits per heavy atom. The van der Waals surface area contributed by atoms with Gasteiger partial charge in [-0.15, -0.1) is 0 Å². The van der Waals surface area contributed by atoms with Crippen molar-refractivity contribution in [2.24, 2.45) is 5.41 Å². The third kappa shape index (κ3) is 4.03. The molecule has 0 amide bonds. The number of nitrogens with one attached hydrogen (secondary N) is 1. The van der Waals surface area contributed by atoms with Crippen molar-refractivity contribution in [3.63, 3.8) is 0 Å². The predicted molar refractivity (Wildman–Crippen MR) is 82.2 cm³/mol. The lowest BCUT2D eigenvalue weighted by Crippen LogP contribution is -2.46. The molecule has 20 heavy (non-hydrogen) atoms. The lowest BCUT2D eigenvalue weighted by Gasteiger charge is -2.40. The Labute approximate surface area is 122 Å². The maximum atomic E-state index is 13.7. The van der Waals surface area contributed by atoms with Crippen molar-refractivity contribution in [1.29, 1.82) is 0 Å². The molecule has 2 rings (SSSR count). The second-order valence-electron chi connectivity index (χ2n) is 6.29. The topological polar surface area (TPSA) is 15.3 Å². The number of halogens is 1. The van der Waals surface area contributed by atoms with Gasteiger partial charge in [0.15, 0.2) is 0 Å². The van der Waals surface area contributed by atoms with Gasteiger partial charge in [0.1, 0.15) is 5.82 Å². The van der Waals surface area contributed by atoms with Gasteiger partial charge >= 0.3 is 0 Å². The zero-order valence-electron chi connectivity index (χ0n) is 12.8. The monoisotopic (exact) mass is 278 g/mol. The molecule has 1 saturated heterocycles. The molecule has 0 radical (unpaired) electrons. The van der Waals surface area contributed by atoms with Crippen LogP contribution in [0.4, 0.5) is 4.39 Å². The third-order valence-corrected chi connectivity index (χ3v) is 4.34. The molecule has 1 aromatic carbocycles. The van der Waals surface area contributed by atoms with E-state index < -0.39 is 0 Å². The highest BCUT2D eigenvalue weighted by molar-refractivity contribution is 5.17. The summed E-state index contributed by atoms with van der Waals surface area (Å²) in [5, 5.41) is 3.54. The summed E-state index contributed by atoms with van der Waals surface area (Å²) in [5.41, 5.74) is 1.16. The van der Waals surface area contributed by atoms with Gasteiger partial charge in [-0.2, -0.15) is 0 Å². The van der Waals surface area contributed by atoms with E-state index in [4.69, 9.17) is 0 Å². The van der Waals surface area contributed by atoms with Gasteiger partial charge in [-0.05, 0) is 44.3 Å². The summed E-state index contributed by atoms with van der Waals surface area (Å²) in [6.45, 7) is 6.23. The highest BCUT2D eigenvalue weighted by Gasteiger charge is 2.32. The van der Waals surface area contributed by atoms with E-state index in [-0.39, 0.29) is 5.82 Å². The van der Waals surface area contributed by atoms with Crippen LogP contribution in [0.15, 0.2) is 24.3 Å². The summed E-state index contributed by atoms with van der Waals surface area (Å²) in [4.78, 5) is 2.28. The van der Waals surface area contributed by atoms with Crippen LogP contribution in [0.5, 0.6) is 0 Å². The van der Waals surface area contributed by atoms with Crippen LogP contribution in [0.3, 0.4) is 0 Å². The van der Waals surface area contributed by atoms with Crippen LogP contribution in [-0.2, 0) is 6.54 Å². The van der Waals surface area contributed by atoms with E-state index >= 15 is 0 Å². The van der Waals surface area contributed by atoms with Gasteiger partial charge in [-0.1, -0.05) is 31.5 Å². The highest BCUT2D eigenvalue weighted by atomic mass is 19.1. The molecule has 1 aliphatic rings. The Hall–Kier alpha value is -0.930. The first kappa shape index (κ1) is 15.5. The maximum Gasteiger partial charge on any atom is 0.127 e. The fraction of sp³-hybridized carbons (Fsp3) is 0.647. The zero-order chi connectivity index (χ0) is 14.4. The van der Waals surface area contributed by atoms with Crippen LogP contribution in [0.2, 0.25) is 0 Å². The van der Waals surface area contributed by atoms with E-state index in [1.54, 1.807) is 12.1 Å². The zero-order valence-corrected chi connectivity index (χ0v) is 12.8. The average Bonchev–Trinajstić information content (AvgIpc) is 2.42. The van der Waals surface area contributed by atoms with Crippen LogP contribution >= 0.6 is 0 Å². The second kappa shape index (κ2) is 7.19. The lowest BCUT2D eigenvalue weighted by atomic mass is 9.76. The molecule has 112 valence electrons. The Balaban J connectivity index is 1.98. The molecule has 1 N–H and O–H groups in total. The van der Waals surface area contributed by atoms with Crippen molar-refractivity contribution >= 4 is 0 Å². The molecule has 1 unspecified atom stereocenters. The maximum absolute atomic E-state index is 13.7. The molecule has 3 heteroatoms. The Bertz CT molecular complexity index is 408. The Morgan fingerprint density at radius 2 is 2.15 bits per heavy atom. The summed E-state index contributed by atoms with van der Waals surface area (Å²) in [6, 6.07) is 7.10. The van der Waals surface area contributed by atoms with Gasteiger partial charge in [0.25, 0.3) is 0 Å². The molecule has 0 spiro atoms. The number of rotatable bonds is 6. The van der Waals surface area contributed by atoms with Gasteiger partial charge in [0.05, 0.1) is 0 Å². The highest BCUT2D eigenvalue weighted by Crippen LogP contribution is 2.32. The third-order valence-electron chi connectivity index (χ3n) is 4.34. The second-order valence-corrected chi connectivity index (χ2v) is 6.29. The van der Waals surface area contributed by atoms with Crippen LogP contribution in [-0.4, -0.2) is 31.6 Å². The molecule has 0 bridgehead atoms. The summed E-state index contributed by atoms with van der Waals surface area (Å²) in [6.07, 6.45) is 5.01. The number of hydrogen-bond donors (Lipinski definition) is 1. The van der Waals surface area contributed by atoms with Crippen LogP contribution in [0.25, 0.3) is 0 Å². The molecule has 0 aliphatic carbocycles. The lowest BCUT2D eigenvalue weighted by molar-refractivity contribution is 0.117. The minimum Gasteiger partial charge on any atom is -0.316 e. The molecule has 1 fully saturated rings. The predicted octanol–water partition coefficient (Wildman–Crippen LogP) is 3.43. The first-order chi connectivity index (χ1) is 9.65. The molecule has 2 nitrogen and oxygen atoms in total. The van der Waals surface area contributed by atoms with Crippen LogP contribution < -0.4 is 5.32 Å². The smallest absolute Gasteiger partial charge is 0.127 e. The molecular weight excluding hydrogens is 251 g/mol. The molecular formula is C17H27FN2. The van der Waals surface area contributed by atoms with Crippen molar-refractivity contribution < 1.29 is 4.39 Å². The van der Waals surface area contributed by atoms with Crippen molar-refractivity contribution in [3.05, 3.63) is 35.6 Å². The summed E-state index contributed by atoms with van der Waals surface area (Å²) in [7, 11) is 2.11. The average molecular weight is 278 g/mol. The largest absolute Gasteiger partial charge is 0.316 e. The molecule has 1 atom stereocenters.